The lowest BCUT2D eigenvalue weighted by molar-refractivity contribution is -0.130. The number of amides is 1. The van der Waals surface area contributed by atoms with E-state index >= 15 is 0 Å². The summed E-state index contributed by atoms with van der Waals surface area (Å²) in [7, 11) is 0. The van der Waals surface area contributed by atoms with Crippen molar-refractivity contribution in [1.82, 2.24) is 5.32 Å². The molecule has 0 saturated heterocycles. The maximum Gasteiger partial charge on any atom is 0.264 e. The van der Waals surface area contributed by atoms with Gasteiger partial charge < -0.3 is 14.8 Å². The van der Waals surface area contributed by atoms with Gasteiger partial charge in [0.25, 0.3) is 5.91 Å². The van der Waals surface area contributed by atoms with Crippen molar-refractivity contribution in [2.75, 3.05) is 6.61 Å². The van der Waals surface area contributed by atoms with Crippen LogP contribution in [0.3, 0.4) is 0 Å². The Balaban J connectivity index is 1.56. The number of ether oxygens (including phenoxy) is 2. The Bertz CT molecular complexity index is 642. The van der Waals surface area contributed by atoms with Gasteiger partial charge in [0.2, 0.25) is 6.10 Å². The molecule has 0 fully saturated rings. The van der Waals surface area contributed by atoms with E-state index in [-0.39, 0.29) is 18.6 Å². The van der Waals surface area contributed by atoms with Crippen LogP contribution in [0.15, 0.2) is 54.6 Å². The van der Waals surface area contributed by atoms with E-state index in [9.17, 15) is 4.79 Å². The van der Waals surface area contributed by atoms with Gasteiger partial charge in [0.05, 0.1) is 0 Å². The molecule has 4 nitrogen and oxygen atoms in total. The van der Waals surface area contributed by atoms with E-state index in [0.29, 0.717) is 11.5 Å². The average molecular weight is 297 g/mol. The topological polar surface area (TPSA) is 47.6 Å². The zero-order valence-corrected chi connectivity index (χ0v) is 12.5. The van der Waals surface area contributed by atoms with Crippen LogP contribution in [-0.4, -0.2) is 24.7 Å². The number of nitrogens with one attached hydrogen (secondary N) is 1. The first-order valence-corrected chi connectivity index (χ1v) is 7.45. The minimum absolute atomic E-state index is 0.0377. The SMILES string of the molecule is C[C@@H](Cc1ccccc1)NC(=O)[C@@H]1COc2ccccc2O1. The molecule has 0 aliphatic carbocycles. The maximum atomic E-state index is 12.3. The molecule has 0 radical (unpaired) electrons. The molecule has 1 amide bonds. The van der Waals surface area contributed by atoms with Gasteiger partial charge in [-0.05, 0) is 31.0 Å². The molecule has 2 aromatic carbocycles. The molecule has 2 aromatic rings. The lowest BCUT2D eigenvalue weighted by Crippen LogP contribution is -2.47. The summed E-state index contributed by atoms with van der Waals surface area (Å²) in [4.78, 5) is 12.3. The Morgan fingerprint density at radius 3 is 2.59 bits per heavy atom. The number of fused-ring (bicyclic) bond motifs is 1. The van der Waals surface area contributed by atoms with Crippen LogP contribution in [0.4, 0.5) is 0 Å². The molecule has 0 spiro atoms. The van der Waals surface area contributed by atoms with Crippen LogP contribution in [0, 0.1) is 0 Å². The van der Waals surface area contributed by atoms with Gasteiger partial charge in [-0.3, -0.25) is 4.79 Å². The molecule has 1 aliphatic rings. The van der Waals surface area contributed by atoms with Gasteiger partial charge in [0, 0.05) is 6.04 Å². The lowest BCUT2D eigenvalue weighted by atomic mass is 10.1. The molecule has 1 aliphatic heterocycles. The molecule has 114 valence electrons. The van der Waals surface area contributed by atoms with Crippen LogP contribution in [0.1, 0.15) is 12.5 Å². The molecular weight excluding hydrogens is 278 g/mol. The van der Waals surface area contributed by atoms with Crippen LogP contribution in [0.5, 0.6) is 11.5 Å². The minimum atomic E-state index is -0.604. The summed E-state index contributed by atoms with van der Waals surface area (Å²) < 4.78 is 11.3. The lowest BCUT2D eigenvalue weighted by Gasteiger charge is -2.26. The van der Waals surface area contributed by atoms with Gasteiger partial charge in [-0.2, -0.15) is 0 Å². The molecule has 0 saturated carbocycles. The molecule has 3 rings (SSSR count). The van der Waals surface area contributed by atoms with Crippen molar-refractivity contribution in [3.05, 3.63) is 60.2 Å². The van der Waals surface area contributed by atoms with Crippen molar-refractivity contribution in [2.24, 2.45) is 0 Å². The Morgan fingerprint density at radius 1 is 1.14 bits per heavy atom. The van der Waals surface area contributed by atoms with Crippen LogP contribution >= 0.6 is 0 Å². The Labute approximate surface area is 130 Å². The monoisotopic (exact) mass is 297 g/mol. The zero-order chi connectivity index (χ0) is 15.4. The molecule has 0 bridgehead atoms. The smallest absolute Gasteiger partial charge is 0.264 e. The first kappa shape index (κ1) is 14.4. The van der Waals surface area contributed by atoms with E-state index in [2.05, 4.69) is 17.4 Å². The predicted molar refractivity (Wildman–Crippen MR) is 84.1 cm³/mol. The van der Waals surface area contributed by atoms with Crippen molar-refractivity contribution in [2.45, 2.75) is 25.5 Å². The van der Waals surface area contributed by atoms with Crippen molar-refractivity contribution < 1.29 is 14.3 Å². The summed E-state index contributed by atoms with van der Waals surface area (Å²) in [5, 5.41) is 2.98. The second-order valence-electron chi connectivity index (χ2n) is 5.46. The van der Waals surface area contributed by atoms with Gasteiger partial charge >= 0.3 is 0 Å². The summed E-state index contributed by atoms with van der Waals surface area (Å²) in [6.45, 7) is 2.23. The van der Waals surface area contributed by atoms with Crippen molar-refractivity contribution in [3.63, 3.8) is 0 Å². The summed E-state index contributed by atoms with van der Waals surface area (Å²) in [5.41, 5.74) is 1.20. The zero-order valence-electron chi connectivity index (χ0n) is 12.5. The summed E-state index contributed by atoms with van der Waals surface area (Å²) in [5.74, 6) is 1.16. The number of benzene rings is 2. The first-order chi connectivity index (χ1) is 10.7. The number of para-hydroxylation sites is 2. The molecule has 22 heavy (non-hydrogen) atoms. The molecule has 0 aromatic heterocycles. The highest BCUT2D eigenvalue weighted by Crippen LogP contribution is 2.30. The van der Waals surface area contributed by atoms with Crippen LogP contribution < -0.4 is 14.8 Å². The number of hydrogen-bond acceptors (Lipinski definition) is 3. The van der Waals surface area contributed by atoms with Gasteiger partial charge in [0.1, 0.15) is 6.61 Å². The van der Waals surface area contributed by atoms with Gasteiger partial charge in [-0.1, -0.05) is 42.5 Å². The van der Waals surface area contributed by atoms with Gasteiger partial charge in [-0.15, -0.1) is 0 Å². The second-order valence-corrected chi connectivity index (χ2v) is 5.46. The van der Waals surface area contributed by atoms with Gasteiger partial charge in [0.15, 0.2) is 11.5 Å². The molecule has 1 N–H and O–H groups in total. The van der Waals surface area contributed by atoms with E-state index in [1.54, 1.807) is 0 Å². The minimum Gasteiger partial charge on any atom is -0.485 e. The van der Waals surface area contributed by atoms with E-state index in [1.807, 2.05) is 49.4 Å². The Morgan fingerprint density at radius 2 is 1.82 bits per heavy atom. The fourth-order valence-corrected chi connectivity index (χ4v) is 2.50. The van der Waals surface area contributed by atoms with Crippen molar-refractivity contribution in [1.29, 1.82) is 0 Å². The summed E-state index contributed by atoms with van der Waals surface area (Å²) in [6.07, 6.45) is 0.185. The van der Waals surface area contributed by atoms with E-state index in [1.165, 1.54) is 5.56 Å². The van der Waals surface area contributed by atoms with Crippen LogP contribution in [0.2, 0.25) is 0 Å². The number of carbonyl (C=O) groups is 1. The molecule has 0 unspecified atom stereocenters. The molecule has 1 heterocycles. The van der Waals surface area contributed by atoms with Crippen LogP contribution in [0.25, 0.3) is 0 Å². The Hall–Kier alpha value is -2.49. The number of carbonyl (C=O) groups excluding carboxylic acids is 1. The number of rotatable bonds is 4. The highest BCUT2D eigenvalue weighted by molar-refractivity contribution is 5.82. The number of hydrogen-bond donors (Lipinski definition) is 1. The van der Waals surface area contributed by atoms with Crippen LogP contribution in [-0.2, 0) is 11.2 Å². The quantitative estimate of drug-likeness (QED) is 0.943. The van der Waals surface area contributed by atoms with E-state index < -0.39 is 6.10 Å². The van der Waals surface area contributed by atoms with E-state index in [0.717, 1.165) is 6.42 Å². The second kappa shape index (κ2) is 6.52. The fourth-order valence-electron chi connectivity index (χ4n) is 2.50. The molecular formula is C18H19NO3. The third-order valence-electron chi connectivity index (χ3n) is 3.57. The third kappa shape index (κ3) is 3.39. The first-order valence-electron chi connectivity index (χ1n) is 7.45. The average Bonchev–Trinajstić information content (AvgIpc) is 2.55. The predicted octanol–water partition coefficient (Wildman–Crippen LogP) is 2.57. The van der Waals surface area contributed by atoms with Crippen molar-refractivity contribution in [3.8, 4) is 11.5 Å². The van der Waals surface area contributed by atoms with Crippen molar-refractivity contribution >= 4 is 5.91 Å². The highest BCUT2D eigenvalue weighted by atomic mass is 16.6. The fraction of sp³-hybridized carbons (Fsp3) is 0.278. The van der Waals surface area contributed by atoms with Gasteiger partial charge in [-0.25, -0.2) is 0 Å². The normalized spacial score (nSPS) is 17.6. The molecule has 4 heteroatoms. The summed E-state index contributed by atoms with van der Waals surface area (Å²) >= 11 is 0. The Kier molecular flexibility index (Phi) is 4.28. The summed E-state index contributed by atoms with van der Waals surface area (Å²) in [6, 6.07) is 17.5. The standard InChI is InChI=1S/C18H19NO3/c1-13(11-14-7-3-2-4-8-14)19-18(20)17-12-21-15-9-5-6-10-16(15)22-17/h2-10,13,17H,11-12H2,1H3,(H,19,20)/t13-,17-/m0/s1. The third-order valence-corrected chi connectivity index (χ3v) is 3.57. The van der Waals surface area contributed by atoms with E-state index in [4.69, 9.17) is 9.47 Å². The molecule has 2 atom stereocenters. The maximum absolute atomic E-state index is 12.3. The largest absolute Gasteiger partial charge is 0.485 e. The highest BCUT2D eigenvalue weighted by Gasteiger charge is 2.27.